The van der Waals surface area contributed by atoms with Crippen LogP contribution in [-0.2, 0) is 0 Å². The van der Waals surface area contributed by atoms with Crippen LogP contribution in [0.5, 0.6) is 5.75 Å². The van der Waals surface area contributed by atoms with Gasteiger partial charge in [-0.05, 0) is 38.7 Å². The lowest BCUT2D eigenvalue weighted by Gasteiger charge is -2.11. The van der Waals surface area contributed by atoms with E-state index in [0.29, 0.717) is 12.4 Å². The van der Waals surface area contributed by atoms with Gasteiger partial charge in [0, 0.05) is 6.54 Å². The molecule has 0 atom stereocenters. The number of carboxylic acids is 1. The quantitative estimate of drug-likeness (QED) is 0.795. The molecule has 4 nitrogen and oxygen atoms in total. The van der Waals surface area contributed by atoms with E-state index in [-0.39, 0.29) is 10.6 Å². The van der Waals surface area contributed by atoms with Crippen molar-refractivity contribution in [2.45, 2.75) is 6.42 Å². The number of aromatic carboxylic acids is 1. The normalized spacial score (nSPS) is 10.6. The lowest BCUT2D eigenvalue weighted by Crippen LogP contribution is -2.15. The van der Waals surface area contributed by atoms with Crippen molar-refractivity contribution in [2.24, 2.45) is 0 Å². The number of carbonyl (C=O) groups is 1. The largest absolute Gasteiger partial charge is 0.494 e. The zero-order valence-corrected chi connectivity index (χ0v) is 10.7. The van der Waals surface area contributed by atoms with Crippen molar-refractivity contribution in [1.82, 2.24) is 4.90 Å². The van der Waals surface area contributed by atoms with Gasteiger partial charge < -0.3 is 14.7 Å². The fourth-order valence-corrected chi connectivity index (χ4v) is 1.53. The van der Waals surface area contributed by atoms with Gasteiger partial charge in [0.1, 0.15) is 5.75 Å². The second-order valence-electron chi connectivity index (χ2n) is 3.95. The number of benzene rings is 1. The van der Waals surface area contributed by atoms with Gasteiger partial charge in [-0.25, -0.2) is 4.79 Å². The van der Waals surface area contributed by atoms with Gasteiger partial charge in [-0.3, -0.25) is 0 Å². The molecule has 0 bridgehead atoms. The van der Waals surface area contributed by atoms with Crippen molar-refractivity contribution in [3.8, 4) is 5.75 Å². The van der Waals surface area contributed by atoms with Gasteiger partial charge >= 0.3 is 5.97 Å². The van der Waals surface area contributed by atoms with Crippen molar-refractivity contribution in [3.63, 3.8) is 0 Å². The number of hydrogen-bond acceptors (Lipinski definition) is 3. The highest BCUT2D eigenvalue weighted by Gasteiger charge is 2.09. The summed E-state index contributed by atoms with van der Waals surface area (Å²) in [5, 5.41) is 9.11. The first-order chi connectivity index (χ1) is 8.00. The first-order valence-electron chi connectivity index (χ1n) is 5.31. The number of halogens is 1. The molecule has 1 aromatic rings. The molecular weight excluding hydrogens is 242 g/mol. The third kappa shape index (κ3) is 4.63. The maximum absolute atomic E-state index is 10.8. The second-order valence-corrected chi connectivity index (χ2v) is 4.36. The molecule has 0 saturated carbocycles. The van der Waals surface area contributed by atoms with E-state index in [4.69, 9.17) is 21.4 Å². The van der Waals surface area contributed by atoms with Crippen molar-refractivity contribution in [1.29, 1.82) is 0 Å². The predicted molar refractivity (Wildman–Crippen MR) is 67.1 cm³/mol. The summed E-state index contributed by atoms with van der Waals surface area (Å²) in [4.78, 5) is 12.9. The first kappa shape index (κ1) is 13.8. The van der Waals surface area contributed by atoms with E-state index < -0.39 is 5.97 Å². The minimum Gasteiger partial charge on any atom is -0.494 e. The minimum absolute atomic E-state index is 0.0665. The number of rotatable bonds is 6. The van der Waals surface area contributed by atoms with E-state index in [0.717, 1.165) is 13.0 Å². The molecule has 94 valence electrons. The minimum atomic E-state index is -1.05. The van der Waals surface area contributed by atoms with Crippen molar-refractivity contribution >= 4 is 17.6 Å². The monoisotopic (exact) mass is 257 g/mol. The van der Waals surface area contributed by atoms with Crippen LogP contribution in [0.4, 0.5) is 0 Å². The van der Waals surface area contributed by atoms with Crippen LogP contribution in [0.25, 0.3) is 0 Å². The predicted octanol–water partition coefficient (Wildman–Crippen LogP) is 2.37. The average Bonchev–Trinajstić information content (AvgIpc) is 2.25. The Morgan fingerprint density at radius 3 is 2.76 bits per heavy atom. The summed E-state index contributed by atoms with van der Waals surface area (Å²) in [7, 11) is 3.98. The first-order valence-corrected chi connectivity index (χ1v) is 5.69. The molecule has 1 N–H and O–H groups in total. The molecule has 0 amide bonds. The highest BCUT2D eigenvalue weighted by molar-refractivity contribution is 6.33. The van der Waals surface area contributed by atoms with Crippen LogP contribution in [0, 0.1) is 0 Å². The molecule has 0 aliphatic rings. The fraction of sp³-hybridized carbons (Fsp3) is 0.417. The molecule has 0 spiro atoms. The van der Waals surface area contributed by atoms with Gasteiger partial charge in [0.05, 0.1) is 17.2 Å². The standard InChI is InChI=1S/C12H16ClNO3/c1-14(2)6-3-7-17-9-4-5-11(13)10(8-9)12(15)16/h4-5,8H,3,6-7H2,1-2H3,(H,15,16). The molecule has 0 heterocycles. The Morgan fingerprint density at radius 1 is 1.47 bits per heavy atom. The van der Waals surface area contributed by atoms with Crippen molar-refractivity contribution in [3.05, 3.63) is 28.8 Å². The maximum atomic E-state index is 10.8. The Bertz CT molecular complexity index is 393. The molecule has 0 unspecified atom stereocenters. The highest BCUT2D eigenvalue weighted by Crippen LogP contribution is 2.22. The van der Waals surface area contributed by atoms with E-state index >= 15 is 0 Å². The molecule has 0 radical (unpaired) electrons. The SMILES string of the molecule is CN(C)CCCOc1ccc(Cl)c(C(=O)O)c1. The van der Waals surface area contributed by atoms with Crippen molar-refractivity contribution < 1.29 is 14.6 Å². The van der Waals surface area contributed by atoms with Gasteiger partial charge in [0.15, 0.2) is 0 Å². The molecular formula is C12H16ClNO3. The zero-order valence-electron chi connectivity index (χ0n) is 9.94. The van der Waals surface area contributed by atoms with Crippen LogP contribution in [0.2, 0.25) is 5.02 Å². The lowest BCUT2D eigenvalue weighted by atomic mass is 10.2. The molecule has 0 saturated heterocycles. The van der Waals surface area contributed by atoms with Crippen molar-refractivity contribution in [2.75, 3.05) is 27.2 Å². The van der Waals surface area contributed by atoms with Crippen LogP contribution < -0.4 is 4.74 Å². The van der Waals surface area contributed by atoms with Gasteiger partial charge in [-0.15, -0.1) is 0 Å². The van der Waals surface area contributed by atoms with Gasteiger partial charge in [0.2, 0.25) is 0 Å². The highest BCUT2D eigenvalue weighted by atomic mass is 35.5. The van der Waals surface area contributed by atoms with E-state index in [1.807, 2.05) is 14.1 Å². The summed E-state index contributed by atoms with van der Waals surface area (Å²) in [6, 6.07) is 4.65. The zero-order chi connectivity index (χ0) is 12.8. The molecule has 5 heteroatoms. The summed E-state index contributed by atoms with van der Waals surface area (Å²) < 4.78 is 5.45. The molecule has 1 rings (SSSR count). The Kier molecular flexibility index (Phi) is 5.25. The smallest absolute Gasteiger partial charge is 0.337 e. The second kappa shape index (κ2) is 6.47. The third-order valence-corrected chi connectivity index (χ3v) is 2.52. The van der Waals surface area contributed by atoms with Crippen LogP contribution in [0.3, 0.4) is 0 Å². The number of carboxylic acid groups (broad SMARTS) is 1. The summed E-state index contributed by atoms with van der Waals surface area (Å²) in [6.07, 6.45) is 0.887. The number of ether oxygens (including phenoxy) is 1. The van der Waals surface area contributed by atoms with E-state index in [2.05, 4.69) is 4.90 Å². The van der Waals surface area contributed by atoms with Crippen LogP contribution in [0.1, 0.15) is 16.8 Å². The van der Waals surface area contributed by atoms with E-state index in [9.17, 15) is 4.79 Å². The summed E-state index contributed by atoms with van der Waals surface area (Å²) in [6.45, 7) is 1.48. The summed E-state index contributed by atoms with van der Waals surface area (Å²) in [5.74, 6) is -0.515. The Morgan fingerprint density at radius 2 is 2.18 bits per heavy atom. The molecule has 17 heavy (non-hydrogen) atoms. The fourth-order valence-electron chi connectivity index (χ4n) is 1.33. The van der Waals surface area contributed by atoms with Crippen LogP contribution in [0.15, 0.2) is 18.2 Å². The number of hydrogen-bond donors (Lipinski definition) is 1. The van der Waals surface area contributed by atoms with Gasteiger partial charge in [-0.1, -0.05) is 11.6 Å². The molecule has 0 fully saturated rings. The number of nitrogens with zero attached hydrogens (tertiary/aromatic N) is 1. The Labute approximate surface area is 106 Å². The average molecular weight is 258 g/mol. The maximum Gasteiger partial charge on any atom is 0.337 e. The van der Waals surface area contributed by atoms with Crippen LogP contribution >= 0.6 is 11.6 Å². The van der Waals surface area contributed by atoms with Crippen LogP contribution in [-0.4, -0.2) is 43.2 Å². The molecule has 1 aromatic carbocycles. The topological polar surface area (TPSA) is 49.8 Å². The lowest BCUT2D eigenvalue weighted by molar-refractivity contribution is 0.0696. The van der Waals surface area contributed by atoms with E-state index in [1.165, 1.54) is 12.1 Å². The third-order valence-electron chi connectivity index (χ3n) is 2.19. The van der Waals surface area contributed by atoms with Gasteiger partial charge in [-0.2, -0.15) is 0 Å². The molecule has 0 aliphatic heterocycles. The Hall–Kier alpha value is -1.26. The summed E-state index contributed by atoms with van der Waals surface area (Å²) in [5.41, 5.74) is 0.0665. The molecule has 0 aromatic heterocycles. The Balaban J connectivity index is 2.54. The van der Waals surface area contributed by atoms with Gasteiger partial charge in [0.25, 0.3) is 0 Å². The molecule has 0 aliphatic carbocycles. The summed E-state index contributed by atoms with van der Waals surface area (Å²) >= 11 is 5.75. The van der Waals surface area contributed by atoms with E-state index in [1.54, 1.807) is 6.07 Å².